The van der Waals surface area contributed by atoms with Crippen LogP contribution >= 0.6 is 0 Å². The quantitative estimate of drug-likeness (QED) is 0.0639. The second-order valence-electron chi connectivity index (χ2n) is 14.6. The van der Waals surface area contributed by atoms with E-state index in [4.69, 9.17) is 18.9 Å². The average Bonchev–Trinajstić information content (AvgIpc) is 3.06. The number of ether oxygens (including phenoxy) is 4. The van der Waals surface area contributed by atoms with Crippen LogP contribution in [-0.4, -0.2) is 87.5 Å². The molecule has 2 aromatic rings. The van der Waals surface area contributed by atoms with Crippen LogP contribution < -0.4 is 15.4 Å². The lowest BCUT2D eigenvalue weighted by Crippen LogP contribution is -2.52. The molecular weight excluding hydrogens is 638 g/mol. The summed E-state index contributed by atoms with van der Waals surface area (Å²) in [7, 11) is 3.89. The molecule has 3 atom stereocenters. The van der Waals surface area contributed by atoms with Crippen molar-refractivity contribution >= 4 is 23.9 Å². The van der Waals surface area contributed by atoms with Crippen LogP contribution in [0, 0.1) is 10.8 Å². The van der Waals surface area contributed by atoms with Crippen molar-refractivity contribution in [3.05, 3.63) is 77.9 Å². The highest BCUT2D eigenvalue weighted by Gasteiger charge is 2.42. The number of nitrogens with one attached hydrogen (secondary N) is 2. The van der Waals surface area contributed by atoms with Crippen molar-refractivity contribution in [2.24, 2.45) is 10.8 Å². The first-order chi connectivity index (χ1) is 23.6. The molecule has 0 aliphatic heterocycles. The van der Waals surface area contributed by atoms with Crippen LogP contribution in [0.25, 0.3) is 0 Å². The number of rotatable bonds is 17. The first-order valence-corrected chi connectivity index (χ1v) is 17.2. The van der Waals surface area contributed by atoms with E-state index in [1.54, 1.807) is 31.2 Å². The van der Waals surface area contributed by atoms with Crippen molar-refractivity contribution in [2.45, 2.75) is 78.3 Å². The van der Waals surface area contributed by atoms with Crippen LogP contribution in [0.15, 0.2) is 66.7 Å². The Bertz CT molecular complexity index is 1460. The molecule has 2 N–H and O–H groups in total. The summed E-state index contributed by atoms with van der Waals surface area (Å²) in [5, 5.41) is 5.79. The normalized spacial score (nSPS) is 19.4. The van der Waals surface area contributed by atoms with E-state index in [1.165, 1.54) is 0 Å². The number of likely N-dealkylation sites (N-methyl/N-ethyl adjacent to an activating group) is 1. The summed E-state index contributed by atoms with van der Waals surface area (Å²) in [6.07, 6.45) is 2.37. The number of benzene rings is 2. The monoisotopic (exact) mass is 693 g/mol. The molecule has 2 amide bonds. The number of ketones is 1. The molecule has 50 heavy (non-hydrogen) atoms. The molecule has 11 nitrogen and oxygen atoms in total. The molecule has 0 aromatic heterocycles. The number of carbonyl (C=O) groups is 4. The van der Waals surface area contributed by atoms with Gasteiger partial charge >= 0.3 is 18.2 Å². The third kappa shape index (κ3) is 11.9. The molecule has 3 unspecified atom stereocenters. The number of amides is 2. The van der Waals surface area contributed by atoms with Gasteiger partial charge in [-0.1, -0.05) is 64.6 Å². The van der Waals surface area contributed by atoms with E-state index in [0.29, 0.717) is 37.1 Å². The maximum absolute atomic E-state index is 13.8. The molecule has 1 aliphatic carbocycles. The highest BCUT2D eigenvalue weighted by Crippen LogP contribution is 2.45. The summed E-state index contributed by atoms with van der Waals surface area (Å²) < 4.78 is 21.3. The molecular formula is C39H55N3O8. The third-order valence-electron chi connectivity index (χ3n) is 9.23. The number of esters is 1. The van der Waals surface area contributed by atoms with Gasteiger partial charge in [-0.15, -0.1) is 0 Å². The number of hydrogen-bond acceptors (Lipinski definition) is 9. The number of nitrogens with zero attached hydrogens (tertiary/aromatic N) is 1. The molecule has 0 radical (unpaired) electrons. The van der Waals surface area contributed by atoms with Crippen LogP contribution in [0.5, 0.6) is 5.75 Å². The zero-order valence-corrected chi connectivity index (χ0v) is 30.8. The van der Waals surface area contributed by atoms with E-state index >= 15 is 0 Å². The van der Waals surface area contributed by atoms with E-state index in [1.807, 2.05) is 56.3 Å². The van der Waals surface area contributed by atoms with Gasteiger partial charge in [0.25, 0.3) is 0 Å². The Hall–Kier alpha value is -4.38. The Morgan fingerprint density at radius 2 is 1.50 bits per heavy atom. The Balaban J connectivity index is 1.44. The van der Waals surface area contributed by atoms with Crippen molar-refractivity contribution in [3.8, 4) is 5.75 Å². The van der Waals surface area contributed by atoms with E-state index in [9.17, 15) is 19.2 Å². The van der Waals surface area contributed by atoms with Gasteiger partial charge in [-0.05, 0) is 93.8 Å². The van der Waals surface area contributed by atoms with Gasteiger partial charge in [0.1, 0.15) is 32.2 Å². The fraction of sp³-hybridized carbons (Fsp3) is 0.538. The summed E-state index contributed by atoms with van der Waals surface area (Å²) in [5.74, 6) is 0.0921. The fourth-order valence-corrected chi connectivity index (χ4v) is 7.05. The number of hydrogen-bond donors (Lipinski definition) is 2. The number of Topliss-reactive ketones (excluding diaryl/α,β-unsaturated/α-hetero) is 1. The zero-order valence-electron chi connectivity index (χ0n) is 30.8. The Kier molecular flexibility index (Phi) is 14.4. The van der Waals surface area contributed by atoms with E-state index < -0.39 is 23.7 Å². The topological polar surface area (TPSA) is 132 Å². The van der Waals surface area contributed by atoms with Gasteiger partial charge in [-0.2, -0.15) is 0 Å². The predicted molar refractivity (Wildman–Crippen MR) is 192 cm³/mol. The highest BCUT2D eigenvalue weighted by atomic mass is 16.6. The first kappa shape index (κ1) is 40.1. The zero-order chi connectivity index (χ0) is 37.0. The lowest BCUT2D eigenvalue weighted by molar-refractivity contribution is -0.139. The van der Waals surface area contributed by atoms with Crippen molar-refractivity contribution in [1.82, 2.24) is 15.5 Å². The molecule has 274 valence electrons. The molecule has 1 saturated carbocycles. The van der Waals surface area contributed by atoms with Crippen LogP contribution in [0.3, 0.4) is 0 Å². The number of alkyl carbamates (subject to hydrolysis) is 2. The minimum absolute atomic E-state index is 0.0472. The Morgan fingerprint density at radius 3 is 2.12 bits per heavy atom. The lowest BCUT2D eigenvalue weighted by atomic mass is 9.62. The maximum atomic E-state index is 13.8. The summed E-state index contributed by atoms with van der Waals surface area (Å²) in [6.45, 7) is 13.9. The second-order valence-corrected chi connectivity index (χ2v) is 14.6. The minimum atomic E-state index is -0.678. The molecule has 2 aromatic carbocycles. The van der Waals surface area contributed by atoms with E-state index in [0.717, 1.165) is 18.4 Å². The lowest BCUT2D eigenvalue weighted by Gasteiger charge is -2.46. The first-order valence-electron chi connectivity index (χ1n) is 17.2. The van der Waals surface area contributed by atoms with Crippen LogP contribution in [0.1, 0.15) is 76.2 Å². The minimum Gasteiger partial charge on any atom is -0.490 e. The summed E-state index contributed by atoms with van der Waals surface area (Å²) in [4.78, 5) is 52.2. The van der Waals surface area contributed by atoms with Crippen molar-refractivity contribution in [3.63, 3.8) is 0 Å². The van der Waals surface area contributed by atoms with Gasteiger partial charge in [0.15, 0.2) is 5.78 Å². The largest absolute Gasteiger partial charge is 0.490 e. The van der Waals surface area contributed by atoms with E-state index in [2.05, 4.69) is 38.0 Å². The average molecular weight is 694 g/mol. The summed E-state index contributed by atoms with van der Waals surface area (Å²) >= 11 is 0. The molecule has 0 spiro atoms. The van der Waals surface area contributed by atoms with Gasteiger partial charge in [0.2, 0.25) is 0 Å². The molecule has 1 fully saturated rings. The highest BCUT2D eigenvalue weighted by molar-refractivity contribution is 6.03. The predicted octanol–water partition coefficient (Wildman–Crippen LogP) is 6.36. The fourth-order valence-electron chi connectivity index (χ4n) is 7.05. The number of carbonyl (C=O) groups excluding carboxylic acids is 4. The second kappa shape index (κ2) is 18.0. The molecule has 0 saturated heterocycles. The van der Waals surface area contributed by atoms with Gasteiger partial charge < -0.3 is 29.6 Å². The van der Waals surface area contributed by atoms with Gasteiger partial charge in [0, 0.05) is 23.7 Å². The van der Waals surface area contributed by atoms with Crippen molar-refractivity contribution in [2.75, 3.05) is 47.1 Å². The maximum Gasteiger partial charge on any atom is 0.407 e. The standard InChI is InChI=1S/C39H55N3O8/c1-9-39(42(7)8,23-29-13-11-10-12-14-29)33(43)30-15-17-32(18-16-30)47-19-21-50-36(46)41-31-24-37(4,5)26-38(6,25-31)27-40-35(45)49-22-20-48-34(44)28(2)3/h10-18,31H,2,9,19-27H2,1,3-8H3,(H,40,45)(H,41,46). The summed E-state index contributed by atoms with van der Waals surface area (Å²) in [5.41, 5.74) is 0.922. The smallest absolute Gasteiger partial charge is 0.407 e. The Morgan fingerprint density at radius 1 is 0.880 bits per heavy atom. The van der Waals surface area contributed by atoms with Crippen LogP contribution in [0.4, 0.5) is 9.59 Å². The van der Waals surface area contributed by atoms with Gasteiger partial charge in [-0.25, -0.2) is 14.4 Å². The van der Waals surface area contributed by atoms with Crippen molar-refractivity contribution < 1.29 is 38.1 Å². The van der Waals surface area contributed by atoms with Crippen molar-refractivity contribution in [1.29, 1.82) is 0 Å². The van der Waals surface area contributed by atoms with Gasteiger partial charge in [-0.3, -0.25) is 9.69 Å². The van der Waals surface area contributed by atoms with E-state index in [-0.39, 0.29) is 54.7 Å². The molecule has 3 rings (SSSR count). The van der Waals surface area contributed by atoms with Crippen LogP contribution in [0.2, 0.25) is 0 Å². The third-order valence-corrected chi connectivity index (χ3v) is 9.23. The molecule has 1 aliphatic rings. The Labute approximate surface area is 297 Å². The molecule has 11 heteroatoms. The van der Waals surface area contributed by atoms with Gasteiger partial charge in [0.05, 0.1) is 5.54 Å². The SMILES string of the molecule is C=C(C)C(=O)OCCOC(=O)NCC1(C)CC(NC(=O)OCCOc2ccc(C(=O)C(CC)(Cc3ccccc3)N(C)C)cc2)CC(C)(C)C1. The van der Waals surface area contributed by atoms with Crippen LogP contribution in [-0.2, 0) is 25.4 Å². The summed E-state index contributed by atoms with van der Waals surface area (Å²) in [6, 6.07) is 17.0. The molecule has 0 bridgehead atoms. The molecule has 0 heterocycles.